The van der Waals surface area contributed by atoms with Gasteiger partial charge >= 0.3 is 0 Å². The van der Waals surface area contributed by atoms with E-state index in [9.17, 15) is 13.2 Å². The van der Waals surface area contributed by atoms with Crippen LogP contribution in [0.15, 0.2) is 47.4 Å². The summed E-state index contributed by atoms with van der Waals surface area (Å²) < 4.78 is 39.9. The van der Waals surface area contributed by atoms with Gasteiger partial charge < -0.3 is 19.3 Å². The van der Waals surface area contributed by atoms with Crippen molar-refractivity contribution in [3.63, 3.8) is 0 Å². The van der Waals surface area contributed by atoms with Gasteiger partial charge in [-0.05, 0) is 61.6 Å². The largest absolute Gasteiger partial charge is 0.495 e. The van der Waals surface area contributed by atoms with Crippen molar-refractivity contribution in [2.75, 3.05) is 51.3 Å². The molecule has 2 aromatic rings. The fourth-order valence-corrected chi connectivity index (χ4v) is 7.21. The van der Waals surface area contributed by atoms with Crippen molar-refractivity contribution < 1.29 is 22.7 Å². The van der Waals surface area contributed by atoms with E-state index < -0.39 is 15.4 Å². The van der Waals surface area contributed by atoms with Crippen LogP contribution in [0.3, 0.4) is 0 Å². The highest BCUT2D eigenvalue weighted by atomic mass is 35.5. The Kier molecular flexibility index (Phi) is 8.19. The molecule has 1 saturated carbocycles. The normalized spacial score (nSPS) is 21.6. The molecule has 1 N–H and O–H groups in total. The summed E-state index contributed by atoms with van der Waals surface area (Å²) in [5.41, 5.74) is 1.27. The van der Waals surface area contributed by atoms with Crippen LogP contribution in [0.4, 0.5) is 5.69 Å². The Morgan fingerprint density at radius 3 is 2.42 bits per heavy atom. The number of carbonyl (C=O) groups is 1. The Morgan fingerprint density at radius 2 is 1.79 bits per heavy atom. The maximum Gasteiger partial charge on any atom is 0.240 e. The summed E-state index contributed by atoms with van der Waals surface area (Å²) in [4.78, 5) is 18.2. The Bertz CT molecular complexity index is 1230. The molecular formula is C28H36ClN3O5S. The number of piperazine rings is 1. The molecule has 0 radical (unpaired) electrons. The number of nitrogens with one attached hydrogen (secondary N) is 1. The summed E-state index contributed by atoms with van der Waals surface area (Å²) in [6.07, 6.45) is 5.50. The van der Waals surface area contributed by atoms with Crippen molar-refractivity contribution in [1.29, 1.82) is 0 Å². The lowest BCUT2D eigenvalue weighted by atomic mass is 9.77. The van der Waals surface area contributed by atoms with Crippen molar-refractivity contribution >= 4 is 33.2 Å². The lowest BCUT2D eigenvalue weighted by molar-refractivity contribution is -0.137. The first kappa shape index (κ1) is 27.2. The van der Waals surface area contributed by atoms with Crippen molar-refractivity contribution in [3.05, 3.63) is 53.1 Å². The molecule has 1 aliphatic carbocycles. The maximum absolute atomic E-state index is 13.9. The quantitative estimate of drug-likeness (QED) is 0.525. The van der Waals surface area contributed by atoms with Gasteiger partial charge in [0.2, 0.25) is 15.9 Å². The van der Waals surface area contributed by atoms with Gasteiger partial charge in [-0.1, -0.05) is 36.6 Å². The molecule has 0 aromatic heterocycles. The number of rotatable bonds is 8. The van der Waals surface area contributed by atoms with E-state index in [1.165, 1.54) is 0 Å². The molecule has 38 heavy (non-hydrogen) atoms. The minimum Gasteiger partial charge on any atom is -0.495 e. The molecule has 1 atom stereocenters. The van der Waals surface area contributed by atoms with Crippen LogP contribution in [0, 0.1) is 0 Å². The number of amides is 1. The second kappa shape index (κ2) is 11.4. The molecule has 10 heteroatoms. The molecule has 0 bridgehead atoms. The predicted molar refractivity (Wildman–Crippen MR) is 148 cm³/mol. The van der Waals surface area contributed by atoms with E-state index in [1.807, 2.05) is 29.2 Å². The number of carbonyl (C=O) groups excluding carboxylic acids is 1. The van der Waals surface area contributed by atoms with Crippen molar-refractivity contribution in [2.45, 2.75) is 54.9 Å². The lowest BCUT2D eigenvalue weighted by Gasteiger charge is -2.41. The third-order valence-corrected chi connectivity index (χ3v) is 9.83. The van der Waals surface area contributed by atoms with Crippen LogP contribution < -0.4 is 14.4 Å². The third-order valence-electron chi connectivity index (χ3n) is 8.16. The van der Waals surface area contributed by atoms with Crippen molar-refractivity contribution in [1.82, 2.24) is 9.62 Å². The Morgan fingerprint density at radius 1 is 1.08 bits per heavy atom. The SMILES string of the molecule is COc1ccc(S(=O)(=O)NC[C@@H]2CCCO2)cc1N1CCN(C(=O)C2(c3ccc(Cl)cc3)CCCC2)CC1. The van der Waals surface area contributed by atoms with Crippen LogP contribution in [0.1, 0.15) is 44.1 Å². The molecular weight excluding hydrogens is 526 g/mol. The van der Waals surface area contributed by atoms with E-state index in [0.717, 1.165) is 44.1 Å². The summed E-state index contributed by atoms with van der Waals surface area (Å²) in [5.74, 6) is 0.787. The van der Waals surface area contributed by atoms with Crippen LogP contribution in [0.5, 0.6) is 5.75 Å². The average Bonchev–Trinajstić information content (AvgIpc) is 3.65. The molecule has 5 rings (SSSR count). The van der Waals surface area contributed by atoms with E-state index in [-0.39, 0.29) is 23.5 Å². The highest BCUT2D eigenvalue weighted by molar-refractivity contribution is 7.89. The molecule has 1 amide bonds. The summed E-state index contributed by atoms with van der Waals surface area (Å²) >= 11 is 6.12. The minimum atomic E-state index is -3.70. The summed E-state index contributed by atoms with van der Waals surface area (Å²) in [6.45, 7) is 3.24. The Hall–Kier alpha value is -2.33. The van der Waals surface area contributed by atoms with E-state index in [2.05, 4.69) is 9.62 Å². The predicted octanol–water partition coefficient (Wildman–Crippen LogP) is 3.97. The van der Waals surface area contributed by atoms with Gasteiger partial charge in [0.05, 0.1) is 29.2 Å². The molecule has 2 aliphatic heterocycles. The highest BCUT2D eigenvalue weighted by Crippen LogP contribution is 2.43. The van der Waals surface area contributed by atoms with Gasteiger partial charge in [0.1, 0.15) is 5.75 Å². The second-order valence-electron chi connectivity index (χ2n) is 10.4. The monoisotopic (exact) mass is 561 g/mol. The first-order chi connectivity index (χ1) is 18.3. The number of methoxy groups -OCH3 is 1. The van der Waals surface area contributed by atoms with Crippen LogP contribution in [-0.2, 0) is 25.0 Å². The first-order valence-electron chi connectivity index (χ1n) is 13.4. The minimum absolute atomic E-state index is 0.0795. The number of hydrogen-bond donors (Lipinski definition) is 1. The molecule has 2 aromatic carbocycles. The smallest absolute Gasteiger partial charge is 0.240 e. The van der Waals surface area contributed by atoms with E-state index in [0.29, 0.717) is 49.2 Å². The van der Waals surface area contributed by atoms with Gasteiger partial charge in [0, 0.05) is 44.4 Å². The number of benzene rings is 2. The van der Waals surface area contributed by atoms with Gasteiger partial charge in [0.25, 0.3) is 0 Å². The Balaban J connectivity index is 1.29. The summed E-state index contributed by atoms with van der Waals surface area (Å²) in [6, 6.07) is 12.6. The molecule has 3 aliphatic rings. The molecule has 3 fully saturated rings. The molecule has 8 nitrogen and oxygen atoms in total. The fourth-order valence-electron chi connectivity index (χ4n) is 6.00. The van der Waals surface area contributed by atoms with E-state index >= 15 is 0 Å². The molecule has 2 saturated heterocycles. The zero-order valence-corrected chi connectivity index (χ0v) is 23.4. The van der Waals surface area contributed by atoms with Gasteiger partial charge in [-0.2, -0.15) is 0 Å². The fraction of sp³-hybridized carbons (Fsp3) is 0.536. The molecule has 206 valence electrons. The van der Waals surface area contributed by atoms with Gasteiger partial charge in [-0.3, -0.25) is 4.79 Å². The number of halogens is 1. The van der Waals surface area contributed by atoms with Crippen LogP contribution in [0.25, 0.3) is 0 Å². The number of nitrogens with zero attached hydrogens (tertiary/aromatic N) is 2. The average molecular weight is 562 g/mol. The number of anilines is 1. The number of sulfonamides is 1. The Labute approximate surface area is 230 Å². The topological polar surface area (TPSA) is 88.2 Å². The van der Waals surface area contributed by atoms with E-state index in [1.54, 1.807) is 25.3 Å². The molecule has 0 unspecified atom stereocenters. The van der Waals surface area contributed by atoms with Crippen LogP contribution in [-0.4, -0.2) is 71.8 Å². The maximum atomic E-state index is 13.9. The third kappa shape index (κ3) is 5.52. The van der Waals surface area contributed by atoms with Crippen LogP contribution >= 0.6 is 11.6 Å². The van der Waals surface area contributed by atoms with Gasteiger partial charge in [-0.25, -0.2) is 13.1 Å². The van der Waals surface area contributed by atoms with Crippen LogP contribution in [0.2, 0.25) is 5.02 Å². The van der Waals surface area contributed by atoms with Gasteiger partial charge in [-0.15, -0.1) is 0 Å². The molecule has 0 spiro atoms. The summed E-state index contributed by atoms with van der Waals surface area (Å²) in [7, 11) is -2.12. The van der Waals surface area contributed by atoms with E-state index in [4.69, 9.17) is 21.1 Å². The molecule has 2 heterocycles. The number of ether oxygens (including phenoxy) is 2. The highest BCUT2D eigenvalue weighted by Gasteiger charge is 2.45. The first-order valence-corrected chi connectivity index (χ1v) is 15.3. The standard InChI is InChI=1S/C28H36ClN3O5S/c1-36-26-11-10-24(38(34,35)30-20-23-5-4-18-37-23)19-25(26)31-14-16-32(17-15-31)27(33)28(12-2-3-13-28)21-6-8-22(29)9-7-21/h6-11,19,23,30H,2-5,12-18,20H2,1H3/t23-/m0/s1. The lowest BCUT2D eigenvalue weighted by Crippen LogP contribution is -2.54. The zero-order valence-electron chi connectivity index (χ0n) is 21.8. The van der Waals surface area contributed by atoms with Crippen molar-refractivity contribution in [2.24, 2.45) is 0 Å². The summed E-state index contributed by atoms with van der Waals surface area (Å²) in [5, 5.41) is 0.670. The number of hydrogen-bond acceptors (Lipinski definition) is 6. The van der Waals surface area contributed by atoms with Gasteiger partial charge in [0.15, 0.2) is 0 Å². The van der Waals surface area contributed by atoms with Crippen molar-refractivity contribution in [3.8, 4) is 5.75 Å². The second-order valence-corrected chi connectivity index (χ2v) is 12.6. The zero-order chi connectivity index (χ0) is 26.8.